The lowest BCUT2D eigenvalue weighted by Gasteiger charge is -2.17. The van der Waals surface area contributed by atoms with Gasteiger partial charge >= 0.3 is 0 Å². The third kappa shape index (κ3) is 4.26. The zero-order chi connectivity index (χ0) is 13.0. The first-order chi connectivity index (χ1) is 8.70. The fraction of sp³-hybridized carbons (Fsp3) is 0.500. The first kappa shape index (κ1) is 16.1. The van der Waals surface area contributed by atoms with Gasteiger partial charge in [-0.25, -0.2) is 0 Å². The predicted octanol–water partition coefficient (Wildman–Crippen LogP) is 2.40. The Hall–Kier alpha value is -0.980. The number of nitrogens with zero attached hydrogens (tertiary/aromatic N) is 2. The quantitative estimate of drug-likeness (QED) is 0.822. The van der Waals surface area contributed by atoms with Crippen molar-refractivity contribution in [3.63, 3.8) is 0 Å². The van der Waals surface area contributed by atoms with Crippen molar-refractivity contribution in [1.29, 1.82) is 0 Å². The number of halogens is 1. The maximum absolute atomic E-state index is 5.67. The van der Waals surface area contributed by atoms with E-state index in [1.165, 1.54) is 11.1 Å². The zero-order valence-corrected chi connectivity index (χ0v) is 14.1. The average Bonchev–Trinajstić information content (AvgIpc) is 2.74. The molecule has 0 radical (unpaired) electrons. The van der Waals surface area contributed by atoms with Gasteiger partial charge in [-0.15, -0.1) is 24.0 Å². The molecule has 4 nitrogen and oxygen atoms in total. The molecule has 5 heteroatoms. The highest BCUT2D eigenvalue weighted by Crippen LogP contribution is 2.20. The summed E-state index contributed by atoms with van der Waals surface area (Å²) in [6.45, 7) is 7.40. The molecule has 1 aliphatic rings. The van der Waals surface area contributed by atoms with Crippen molar-refractivity contribution < 1.29 is 4.74 Å². The molecule has 0 bridgehead atoms. The molecule has 0 spiro atoms. The smallest absolute Gasteiger partial charge is 0.194 e. The second-order valence-corrected chi connectivity index (χ2v) is 4.52. The Kier molecular flexibility index (Phi) is 6.41. The zero-order valence-electron chi connectivity index (χ0n) is 11.8. The van der Waals surface area contributed by atoms with E-state index < -0.39 is 0 Å². The van der Waals surface area contributed by atoms with E-state index in [-0.39, 0.29) is 24.0 Å². The maximum Gasteiger partial charge on any atom is 0.194 e. The van der Waals surface area contributed by atoms with Crippen molar-refractivity contribution in [2.45, 2.75) is 20.4 Å². The molecule has 19 heavy (non-hydrogen) atoms. The minimum absolute atomic E-state index is 0. The summed E-state index contributed by atoms with van der Waals surface area (Å²) >= 11 is 0. The van der Waals surface area contributed by atoms with E-state index in [1.54, 1.807) is 0 Å². The number of benzene rings is 1. The fourth-order valence-corrected chi connectivity index (χ4v) is 2.00. The highest BCUT2D eigenvalue weighted by Gasteiger charge is 2.12. The molecule has 0 aromatic heterocycles. The van der Waals surface area contributed by atoms with Crippen LogP contribution in [0.5, 0.6) is 5.75 Å². The Bertz CT molecular complexity index is 448. The van der Waals surface area contributed by atoms with E-state index in [1.807, 2.05) is 6.92 Å². The minimum atomic E-state index is 0. The number of nitrogens with one attached hydrogen (secondary N) is 1. The third-order valence-electron chi connectivity index (χ3n) is 3.02. The number of aliphatic imine (C=N–C) groups is 1. The molecule has 0 unspecified atom stereocenters. The van der Waals surface area contributed by atoms with E-state index in [2.05, 4.69) is 47.4 Å². The lowest BCUT2D eigenvalue weighted by molar-refractivity contribution is 0.336. The van der Waals surface area contributed by atoms with Crippen LogP contribution in [0.1, 0.15) is 18.1 Å². The molecule has 0 amide bonds. The lowest BCUT2D eigenvalue weighted by Crippen LogP contribution is -2.35. The third-order valence-corrected chi connectivity index (χ3v) is 3.02. The molecule has 1 aromatic rings. The second-order valence-electron chi connectivity index (χ2n) is 4.52. The van der Waals surface area contributed by atoms with Crippen molar-refractivity contribution in [2.75, 3.05) is 26.7 Å². The summed E-state index contributed by atoms with van der Waals surface area (Å²) in [5.41, 5.74) is 2.39. The Balaban J connectivity index is 0.00000180. The van der Waals surface area contributed by atoms with Crippen LogP contribution in [0.3, 0.4) is 0 Å². The van der Waals surface area contributed by atoms with Gasteiger partial charge in [-0.3, -0.25) is 4.99 Å². The van der Waals surface area contributed by atoms with Crippen LogP contribution >= 0.6 is 24.0 Å². The number of guanidine groups is 1. The topological polar surface area (TPSA) is 36.9 Å². The molecular weight excluding hydrogens is 353 g/mol. The molecule has 0 aliphatic carbocycles. The van der Waals surface area contributed by atoms with Gasteiger partial charge < -0.3 is 15.0 Å². The van der Waals surface area contributed by atoms with Crippen molar-refractivity contribution >= 4 is 29.9 Å². The number of aryl methyl sites for hydroxylation is 1. The molecule has 106 valence electrons. The minimum Gasteiger partial charge on any atom is -0.494 e. The standard InChI is InChI=1S/C14H21N3O.HI/c1-4-18-13-9-11(2)5-6-12(13)10-16-14-15-7-8-17(14)3;/h5-6,9H,4,7-8,10H2,1-3H3,(H,15,16);1H. The van der Waals surface area contributed by atoms with Crippen LogP contribution in [0.15, 0.2) is 23.2 Å². The average molecular weight is 375 g/mol. The summed E-state index contributed by atoms with van der Waals surface area (Å²) in [7, 11) is 2.05. The number of likely N-dealkylation sites (N-methyl/N-ethyl adjacent to an activating group) is 1. The Morgan fingerprint density at radius 1 is 1.42 bits per heavy atom. The van der Waals surface area contributed by atoms with Crippen molar-refractivity contribution in [1.82, 2.24) is 10.2 Å². The normalized spacial score (nSPS) is 13.8. The van der Waals surface area contributed by atoms with Crippen molar-refractivity contribution in [3.05, 3.63) is 29.3 Å². The second kappa shape index (κ2) is 7.57. The van der Waals surface area contributed by atoms with Crippen LogP contribution in [0.25, 0.3) is 0 Å². The van der Waals surface area contributed by atoms with Gasteiger partial charge in [0, 0.05) is 25.7 Å². The SMILES string of the molecule is CCOc1cc(C)ccc1CNC1=NCCN1C.I. The number of hydrogen-bond acceptors (Lipinski definition) is 4. The molecule has 0 fully saturated rings. The van der Waals surface area contributed by atoms with E-state index in [0.29, 0.717) is 6.61 Å². The first-order valence-electron chi connectivity index (χ1n) is 6.42. The number of ether oxygens (including phenoxy) is 1. The summed E-state index contributed by atoms with van der Waals surface area (Å²) in [4.78, 5) is 6.55. The van der Waals surface area contributed by atoms with E-state index in [9.17, 15) is 0 Å². The van der Waals surface area contributed by atoms with Gasteiger partial charge in [0.25, 0.3) is 0 Å². The van der Waals surface area contributed by atoms with Crippen molar-refractivity contribution in [3.8, 4) is 5.75 Å². The summed E-state index contributed by atoms with van der Waals surface area (Å²) in [5.74, 6) is 1.93. The Morgan fingerprint density at radius 2 is 2.21 bits per heavy atom. The summed E-state index contributed by atoms with van der Waals surface area (Å²) in [6.07, 6.45) is 0. The molecule has 2 rings (SSSR count). The van der Waals surface area contributed by atoms with Gasteiger partial charge in [0.05, 0.1) is 13.2 Å². The molecular formula is C14H22IN3O. The highest BCUT2D eigenvalue weighted by atomic mass is 127. The molecule has 1 aromatic carbocycles. The van der Waals surface area contributed by atoms with Gasteiger partial charge in [0.2, 0.25) is 0 Å². The highest BCUT2D eigenvalue weighted by molar-refractivity contribution is 14.0. The van der Waals surface area contributed by atoms with Crippen LogP contribution in [-0.4, -0.2) is 37.6 Å². The van der Waals surface area contributed by atoms with E-state index >= 15 is 0 Å². The molecule has 0 atom stereocenters. The largest absolute Gasteiger partial charge is 0.494 e. The van der Waals surface area contributed by atoms with Gasteiger partial charge in [-0.05, 0) is 25.5 Å². The number of hydrogen-bond donors (Lipinski definition) is 1. The molecule has 0 saturated heterocycles. The molecule has 0 saturated carbocycles. The summed E-state index contributed by atoms with van der Waals surface area (Å²) in [5, 5.41) is 3.36. The molecule has 1 heterocycles. The van der Waals surface area contributed by atoms with Gasteiger partial charge in [-0.1, -0.05) is 12.1 Å². The van der Waals surface area contributed by atoms with Crippen LogP contribution in [-0.2, 0) is 6.54 Å². The van der Waals surface area contributed by atoms with Crippen LogP contribution in [0.4, 0.5) is 0 Å². The Morgan fingerprint density at radius 3 is 2.84 bits per heavy atom. The van der Waals surface area contributed by atoms with E-state index in [0.717, 1.165) is 31.3 Å². The summed E-state index contributed by atoms with van der Waals surface area (Å²) < 4.78 is 5.67. The van der Waals surface area contributed by atoms with Crippen LogP contribution in [0, 0.1) is 6.92 Å². The lowest BCUT2D eigenvalue weighted by atomic mass is 10.1. The van der Waals surface area contributed by atoms with Gasteiger partial charge in [-0.2, -0.15) is 0 Å². The summed E-state index contributed by atoms with van der Waals surface area (Å²) in [6, 6.07) is 6.31. The van der Waals surface area contributed by atoms with Crippen LogP contribution in [0.2, 0.25) is 0 Å². The first-order valence-corrected chi connectivity index (χ1v) is 6.42. The fourth-order valence-electron chi connectivity index (χ4n) is 2.00. The molecule has 1 aliphatic heterocycles. The van der Waals surface area contributed by atoms with Crippen LogP contribution < -0.4 is 10.1 Å². The monoisotopic (exact) mass is 375 g/mol. The van der Waals surface area contributed by atoms with Gasteiger partial charge in [0.15, 0.2) is 5.96 Å². The molecule has 1 N–H and O–H groups in total. The maximum atomic E-state index is 5.67. The van der Waals surface area contributed by atoms with E-state index in [4.69, 9.17) is 4.74 Å². The van der Waals surface area contributed by atoms with Gasteiger partial charge in [0.1, 0.15) is 5.75 Å². The van der Waals surface area contributed by atoms with Crippen molar-refractivity contribution in [2.24, 2.45) is 4.99 Å². The number of rotatable bonds is 4. The Labute approximate surface area is 132 Å². The predicted molar refractivity (Wildman–Crippen MR) is 89.5 cm³/mol.